The van der Waals surface area contributed by atoms with Crippen LogP contribution in [0.4, 0.5) is 13.2 Å². The Hall–Kier alpha value is -2.04. The van der Waals surface area contributed by atoms with Crippen LogP contribution in [0.2, 0.25) is 0 Å². The Labute approximate surface area is 89.3 Å². The average molecular weight is 225 g/mol. The van der Waals surface area contributed by atoms with E-state index in [1.807, 2.05) is 0 Å². The summed E-state index contributed by atoms with van der Waals surface area (Å²) >= 11 is 0. The van der Waals surface area contributed by atoms with Gasteiger partial charge in [0.1, 0.15) is 5.75 Å². The van der Waals surface area contributed by atoms with Gasteiger partial charge in [-0.3, -0.25) is 0 Å². The van der Waals surface area contributed by atoms with Gasteiger partial charge in [0.2, 0.25) is 11.8 Å². The van der Waals surface area contributed by atoms with Crippen molar-refractivity contribution in [3.05, 3.63) is 54.1 Å². The fourth-order valence-electron chi connectivity index (χ4n) is 1.14. The Kier molecular flexibility index (Phi) is 2.76. The molecule has 0 saturated heterocycles. The van der Waals surface area contributed by atoms with Crippen LogP contribution in [0.3, 0.4) is 0 Å². The molecule has 0 bridgehead atoms. The normalized spacial score (nSPS) is 10.2. The number of pyridine rings is 1. The van der Waals surface area contributed by atoms with Crippen LogP contribution in [-0.4, -0.2) is 4.98 Å². The van der Waals surface area contributed by atoms with Crippen LogP contribution in [0.15, 0.2) is 36.5 Å². The van der Waals surface area contributed by atoms with E-state index in [0.29, 0.717) is 0 Å². The maximum atomic E-state index is 13.2. The van der Waals surface area contributed by atoms with Gasteiger partial charge in [-0.2, -0.15) is 8.78 Å². The van der Waals surface area contributed by atoms with Crippen molar-refractivity contribution in [2.75, 3.05) is 0 Å². The molecule has 1 aromatic heterocycles. The van der Waals surface area contributed by atoms with Gasteiger partial charge in [-0.1, -0.05) is 6.07 Å². The van der Waals surface area contributed by atoms with Crippen LogP contribution in [0.5, 0.6) is 11.5 Å². The summed E-state index contributed by atoms with van der Waals surface area (Å²) in [7, 11) is 0. The molecule has 0 aliphatic heterocycles. The second kappa shape index (κ2) is 4.22. The van der Waals surface area contributed by atoms with E-state index in [0.717, 1.165) is 12.1 Å². The summed E-state index contributed by atoms with van der Waals surface area (Å²) in [6.07, 6.45) is 1.17. The second-order valence-corrected chi connectivity index (χ2v) is 2.97. The molecule has 0 spiro atoms. The lowest BCUT2D eigenvalue weighted by molar-refractivity contribution is 0.412. The van der Waals surface area contributed by atoms with E-state index in [2.05, 4.69) is 4.98 Å². The SMILES string of the molecule is Fc1cc(Oc2cccc(F)c2F)ccn1. The Morgan fingerprint density at radius 1 is 1.06 bits per heavy atom. The molecule has 0 aliphatic carbocycles. The Bertz CT molecular complexity index is 516. The predicted molar refractivity (Wildman–Crippen MR) is 50.6 cm³/mol. The molecule has 2 rings (SSSR count). The van der Waals surface area contributed by atoms with Crippen molar-refractivity contribution in [3.63, 3.8) is 0 Å². The van der Waals surface area contributed by atoms with E-state index in [1.54, 1.807) is 0 Å². The number of hydrogen-bond donors (Lipinski definition) is 0. The topological polar surface area (TPSA) is 22.1 Å². The van der Waals surface area contributed by atoms with E-state index in [1.165, 1.54) is 24.4 Å². The highest BCUT2D eigenvalue weighted by atomic mass is 19.2. The van der Waals surface area contributed by atoms with Gasteiger partial charge < -0.3 is 4.74 Å². The van der Waals surface area contributed by atoms with E-state index >= 15 is 0 Å². The van der Waals surface area contributed by atoms with Crippen LogP contribution in [0.25, 0.3) is 0 Å². The number of hydrogen-bond acceptors (Lipinski definition) is 2. The minimum absolute atomic E-state index is 0.0528. The predicted octanol–water partition coefficient (Wildman–Crippen LogP) is 3.29. The van der Waals surface area contributed by atoms with Gasteiger partial charge in [0.05, 0.1) is 0 Å². The zero-order valence-corrected chi connectivity index (χ0v) is 7.95. The van der Waals surface area contributed by atoms with Gasteiger partial charge in [-0.15, -0.1) is 0 Å². The second-order valence-electron chi connectivity index (χ2n) is 2.97. The van der Waals surface area contributed by atoms with Crippen LogP contribution in [0.1, 0.15) is 0 Å². The van der Waals surface area contributed by atoms with Gasteiger partial charge in [0, 0.05) is 12.3 Å². The molecule has 0 saturated carbocycles. The first-order valence-electron chi connectivity index (χ1n) is 4.40. The van der Waals surface area contributed by atoms with Crippen LogP contribution in [-0.2, 0) is 0 Å². The van der Waals surface area contributed by atoms with E-state index in [4.69, 9.17) is 4.74 Å². The Morgan fingerprint density at radius 3 is 2.62 bits per heavy atom. The summed E-state index contributed by atoms with van der Waals surface area (Å²) in [6, 6.07) is 5.83. The number of rotatable bonds is 2. The largest absolute Gasteiger partial charge is 0.454 e. The van der Waals surface area contributed by atoms with Gasteiger partial charge in [0.15, 0.2) is 11.6 Å². The number of ether oxygens (including phenoxy) is 1. The fourth-order valence-corrected chi connectivity index (χ4v) is 1.14. The smallest absolute Gasteiger partial charge is 0.216 e. The van der Waals surface area contributed by atoms with Crippen molar-refractivity contribution in [3.8, 4) is 11.5 Å². The monoisotopic (exact) mass is 225 g/mol. The molecule has 16 heavy (non-hydrogen) atoms. The average Bonchev–Trinajstić information content (AvgIpc) is 2.25. The summed E-state index contributed by atoms with van der Waals surface area (Å²) in [5, 5.41) is 0. The van der Waals surface area contributed by atoms with Crippen molar-refractivity contribution in [2.24, 2.45) is 0 Å². The van der Waals surface area contributed by atoms with Crippen molar-refractivity contribution >= 4 is 0 Å². The van der Waals surface area contributed by atoms with Gasteiger partial charge in [0.25, 0.3) is 0 Å². The molecule has 0 atom stereocenters. The molecule has 0 amide bonds. The summed E-state index contributed by atoms with van der Waals surface area (Å²) in [4.78, 5) is 3.31. The van der Waals surface area contributed by atoms with E-state index in [-0.39, 0.29) is 11.5 Å². The fraction of sp³-hybridized carbons (Fsp3) is 0. The Morgan fingerprint density at radius 2 is 1.88 bits per heavy atom. The number of halogens is 3. The van der Waals surface area contributed by atoms with Crippen molar-refractivity contribution < 1.29 is 17.9 Å². The summed E-state index contributed by atoms with van der Waals surface area (Å²) < 4.78 is 43.7. The minimum atomic E-state index is -1.11. The third-order valence-electron chi connectivity index (χ3n) is 1.84. The molecule has 82 valence electrons. The molecular weight excluding hydrogens is 219 g/mol. The lowest BCUT2D eigenvalue weighted by Gasteiger charge is -2.06. The minimum Gasteiger partial charge on any atom is -0.454 e. The Balaban J connectivity index is 2.31. The van der Waals surface area contributed by atoms with Crippen molar-refractivity contribution in [2.45, 2.75) is 0 Å². The third kappa shape index (κ3) is 2.13. The van der Waals surface area contributed by atoms with Crippen LogP contribution >= 0.6 is 0 Å². The maximum Gasteiger partial charge on any atom is 0.216 e. The van der Waals surface area contributed by atoms with Crippen molar-refractivity contribution in [1.29, 1.82) is 0 Å². The molecule has 0 radical (unpaired) electrons. The molecular formula is C11H6F3NO. The lowest BCUT2D eigenvalue weighted by atomic mass is 10.3. The molecule has 2 nitrogen and oxygen atoms in total. The molecule has 0 N–H and O–H groups in total. The maximum absolute atomic E-state index is 13.2. The quantitative estimate of drug-likeness (QED) is 0.731. The zero-order valence-electron chi connectivity index (χ0n) is 7.95. The van der Waals surface area contributed by atoms with Gasteiger partial charge >= 0.3 is 0 Å². The molecule has 1 aromatic carbocycles. The molecule has 1 heterocycles. The lowest BCUT2D eigenvalue weighted by Crippen LogP contribution is -1.92. The first-order valence-corrected chi connectivity index (χ1v) is 4.40. The first-order chi connectivity index (χ1) is 7.66. The number of aromatic nitrogens is 1. The standard InChI is InChI=1S/C11H6F3NO/c12-8-2-1-3-9(11(8)14)16-7-4-5-15-10(13)6-7/h1-6H. The summed E-state index contributed by atoms with van der Waals surface area (Å²) in [5.74, 6) is -3.14. The molecule has 2 aromatic rings. The van der Waals surface area contributed by atoms with Gasteiger partial charge in [-0.25, -0.2) is 9.37 Å². The summed E-state index contributed by atoms with van der Waals surface area (Å²) in [6.45, 7) is 0. The molecule has 0 unspecified atom stereocenters. The number of nitrogens with zero attached hydrogens (tertiary/aromatic N) is 1. The van der Waals surface area contributed by atoms with Crippen LogP contribution in [0, 0.1) is 17.6 Å². The first kappa shape index (κ1) is 10.5. The van der Waals surface area contributed by atoms with Gasteiger partial charge in [-0.05, 0) is 18.2 Å². The van der Waals surface area contributed by atoms with Crippen molar-refractivity contribution in [1.82, 2.24) is 4.98 Å². The summed E-state index contributed by atoms with van der Waals surface area (Å²) in [5.41, 5.74) is 0. The highest BCUT2D eigenvalue weighted by Crippen LogP contribution is 2.25. The number of benzene rings is 1. The molecule has 5 heteroatoms. The highest BCUT2D eigenvalue weighted by Gasteiger charge is 2.09. The van der Waals surface area contributed by atoms with E-state index in [9.17, 15) is 13.2 Å². The highest BCUT2D eigenvalue weighted by molar-refractivity contribution is 5.31. The van der Waals surface area contributed by atoms with Crippen LogP contribution < -0.4 is 4.74 Å². The molecule has 0 fully saturated rings. The zero-order chi connectivity index (χ0) is 11.5. The third-order valence-corrected chi connectivity index (χ3v) is 1.84. The molecule has 0 aliphatic rings. The van der Waals surface area contributed by atoms with E-state index < -0.39 is 17.6 Å².